The van der Waals surface area contributed by atoms with Crippen molar-refractivity contribution in [1.82, 2.24) is 0 Å². The summed E-state index contributed by atoms with van der Waals surface area (Å²) in [5, 5.41) is 9.32. The van der Waals surface area contributed by atoms with Crippen molar-refractivity contribution in [3.63, 3.8) is 0 Å². The first-order chi connectivity index (χ1) is 14.6. The Bertz CT molecular complexity index is 1680. The van der Waals surface area contributed by atoms with Gasteiger partial charge in [0.05, 0.1) is 0 Å². The molecule has 0 spiro atoms. The van der Waals surface area contributed by atoms with E-state index in [9.17, 15) is 0 Å². The van der Waals surface area contributed by atoms with Crippen LogP contribution in [0.2, 0.25) is 0 Å². The van der Waals surface area contributed by atoms with Crippen molar-refractivity contribution in [3.8, 4) is 0 Å². The molecule has 2 aromatic heterocycles. The molecule has 0 radical (unpaired) electrons. The molecule has 142 valence electrons. The molecule has 2 heteroatoms. The average Bonchev–Trinajstić information content (AvgIpc) is 3.25. The molecule has 0 aliphatic carbocycles. The number of hydrogen-bond acceptors (Lipinski definition) is 2. The molecule has 30 heavy (non-hydrogen) atoms. The maximum absolute atomic E-state index is 6.28. The highest BCUT2D eigenvalue weighted by Crippen LogP contribution is 2.39. The van der Waals surface area contributed by atoms with Crippen LogP contribution in [-0.2, 0) is 0 Å². The van der Waals surface area contributed by atoms with E-state index in [0.717, 1.165) is 43.9 Å². The van der Waals surface area contributed by atoms with Crippen molar-refractivity contribution in [1.29, 1.82) is 0 Å². The molecule has 0 amide bonds. The summed E-state index contributed by atoms with van der Waals surface area (Å²) in [5.41, 5.74) is 6.15. The molecule has 0 N–H and O–H groups in total. The Hall–Kier alpha value is -3.78. The van der Waals surface area contributed by atoms with Crippen molar-refractivity contribution < 1.29 is 8.83 Å². The fraction of sp³-hybridized carbons (Fsp3) is 0.0714. The van der Waals surface area contributed by atoms with Gasteiger partial charge in [-0.1, -0.05) is 47.5 Å². The number of furan rings is 2. The number of rotatable bonds is 0. The Morgan fingerprint density at radius 3 is 1.27 bits per heavy atom. The van der Waals surface area contributed by atoms with Crippen molar-refractivity contribution in [2.45, 2.75) is 13.8 Å². The molecule has 0 aliphatic heterocycles. The SMILES string of the molecule is Cc1ccc2cc3oc4cc5c(cc4c3cc2c1)oc1cc2ccc(C)cc2cc15. The van der Waals surface area contributed by atoms with Crippen LogP contribution >= 0.6 is 0 Å². The van der Waals surface area contributed by atoms with E-state index in [0.29, 0.717) is 0 Å². The van der Waals surface area contributed by atoms with Gasteiger partial charge in [0.2, 0.25) is 0 Å². The standard InChI is InChI=1S/C28H18O2/c1-15-3-5-17-11-25-21(9-19(17)7-15)23-13-28-24(14-27(23)29-25)22-10-20-8-16(2)4-6-18(20)12-26(22)30-28/h3-14H,1-2H3. The molecule has 0 unspecified atom stereocenters. The maximum atomic E-state index is 6.28. The van der Waals surface area contributed by atoms with Gasteiger partial charge in [0.15, 0.2) is 0 Å². The Morgan fingerprint density at radius 2 is 0.800 bits per heavy atom. The van der Waals surface area contributed by atoms with E-state index in [1.807, 2.05) is 0 Å². The lowest BCUT2D eigenvalue weighted by atomic mass is 10.0. The zero-order valence-corrected chi connectivity index (χ0v) is 16.7. The van der Waals surface area contributed by atoms with Gasteiger partial charge in [-0.05, 0) is 71.8 Å². The van der Waals surface area contributed by atoms with Crippen LogP contribution in [0, 0.1) is 13.8 Å². The number of fused-ring (bicyclic) bond motifs is 8. The summed E-state index contributed by atoms with van der Waals surface area (Å²) in [6.45, 7) is 4.25. The summed E-state index contributed by atoms with van der Waals surface area (Å²) in [7, 11) is 0. The molecular weight excluding hydrogens is 368 g/mol. The van der Waals surface area contributed by atoms with E-state index in [-0.39, 0.29) is 0 Å². The Morgan fingerprint density at radius 1 is 0.400 bits per heavy atom. The van der Waals surface area contributed by atoms with Crippen molar-refractivity contribution in [2.24, 2.45) is 0 Å². The van der Waals surface area contributed by atoms with Gasteiger partial charge in [-0.25, -0.2) is 0 Å². The molecule has 5 aromatic carbocycles. The largest absolute Gasteiger partial charge is 0.456 e. The minimum Gasteiger partial charge on any atom is -0.456 e. The quantitative estimate of drug-likeness (QED) is 0.261. The molecule has 0 saturated carbocycles. The van der Waals surface area contributed by atoms with Crippen LogP contribution in [0.15, 0.2) is 81.6 Å². The Kier molecular flexibility index (Phi) is 2.91. The first-order valence-corrected chi connectivity index (χ1v) is 10.3. The Labute approximate surface area is 172 Å². The van der Waals surface area contributed by atoms with Crippen LogP contribution in [0.5, 0.6) is 0 Å². The first kappa shape index (κ1) is 16.1. The lowest BCUT2D eigenvalue weighted by Crippen LogP contribution is -1.76. The van der Waals surface area contributed by atoms with Crippen LogP contribution in [0.3, 0.4) is 0 Å². The Balaban J connectivity index is 1.59. The van der Waals surface area contributed by atoms with E-state index < -0.39 is 0 Å². The van der Waals surface area contributed by atoms with E-state index in [4.69, 9.17) is 8.83 Å². The van der Waals surface area contributed by atoms with E-state index in [2.05, 4.69) is 86.6 Å². The van der Waals surface area contributed by atoms with Crippen LogP contribution in [0.25, 0.3) is 65.4 Å². The smallest absolute Gasteiger partial charge is 0.136 e. The highest BCUT2D eigenvalue weighted by atomic mass is 16.3. The summed E-state index contributed by atoms with van der Waals surface area (Å²) in [5.74, 6) is 0. The summed E-state index contributed by atoms with van der Waals surface area (Å²) in [6, 6.07) is 26.0. The lowest BCUT2D eigenvalue weighted by Gasteiger charge is -1.99. The van der Waals surface area contributed by atoms with Gasteiger partial charge in [-0.3, -0.25) is 0 Å². The van der Waals surface area contributed by atoms with Gasteiger partial charge >= 0.3 is 0 Å². The first-order valence-electron chi connectivity index (χ1n) is 10.3. The predicted molar refractivity (Wildman–Crippen MR) is 125 cm³/mol. The fourth-order valence-corrected chi connectivity index (χ4v) is 4.77. The molecular formula is C28H18O2. The van der Waals surface area contributed by atoms with Gasteiger partial charge in [-0.2, -0.15) is 0 Å². The second kappa shape index (κ2) is 5.43. The molecule has 0 atom stereocenters. The summed E-state index contributed by atoms with van der Waals surface area (Å²) >= 11 is 0. The summed E-state index contributed by atoms with van der Waals surface area (Å²) in [6.07, 6.45) is 0. The number of hydrogen-bond donors (Lipinski definition) is 0. The molecule has 0 fully saturated rings. The average molecular weight is 386 g/mol. The third-order valence-corrected chi connectivity index (χ3v) is 6.29. The fourth-order valence-electron chi connectivity index (χ4n) is 4.77. The van der Waals surface area contributed by atoms with Crippen LogP contribution in [0.1, 0.15) is 11.1 Å². The second-order valence-electron chi connectivity index (χ2n) is 8.45. The summed E-state index contributed by atoms with van der Waals surface area (Å²) < 4.78 is 12.6. The van der Waals surface area contributed by atoms with Crippen molar-refractivity contribution in [3.05, 3.63) is 83.9 Å². The highest BCUT2D eigenvalue weighted by molar-refractivity contribution is 6.18. The number of benzene rings is 5. The third kappa shape index (κ3) is 2.13. The van der Waals surface area contributed by atoms with E-state index >= 15 is 0 Å². The van der Waals surface area contributed by atoms with Gasteiger partial charge in [0.25, 0.3) is 0 Å². The molecule has 0 aliphatic rings. The van der Waals surface area contributed by atoms with Crippen LogP contribution < -0.4 is 0 Å². The van der Waals surface area contributed by atoms with E-state index in [1.54, 1.807) is 0 Å². The van der Waals surface area contributed by atoms with Crippen molar-refractivity contribution >= 4 is 65.4 Å². The molecule has 7 aromatic rings. The molecule has 0 saturated heterocycles. The third-order valence-electron chi connectivity index (χ3n) is 6.29. The minimum atomic E-state index is 0.900. The molecule has 0 bridgehead atoms. The minimum absolute atomic E-state index is 0.900. The molecule has 2 heterocycles. The van der Waals surface area contributed by atoms with Gasteiger partial charge in [0.1, 0.15) is 22.3 Å². The maximum Gasteiger partial charge on any atom is 0.136 e. The lowest BCUT2D eigenvalue weighted by molar-refractivity contribution is 0.664. The van der Waals surface area contributed by atoms with Gasteiger partial charge in [-0.15, -0.1) is 0 Å². The normalized spacial score (nSPS) is 12.3. The molecule has 7 rings (SSSR count). The van der Waals surface area contributed by atoms with Crippen LogP contribution in [0.4, 0.5) is 0 Å². The van der Waals surface area contributed by atoms with Gasteiger partial charge in [0, 0.05) is 21.5 Å². The molecule has 2 nitrogen and oxygen atoms in total. The highest BCUT2D eigenvalue weighted by Gasteiger charge is 2.14. The van der Waals surface area contributed by atoms with Gasteiger partial charge < -0.3 is 8.83 Å². The topological polar surface area (TPSA) is 26.3 Å². The zero-order valence-electron chi connectivity index (χ0n) is 16.7. The van der Waals surface area contributed by atoms with Crippen LogP contribution in [-0.4, -0.2) is 0 Å². The summed E-state index contributed by atoms with van der Waals surface area (Å²) in [4.78, 5) is 0. The monoisotopic (exact) mass is 386 g/mol. The zero-order chi connectivity index (χ0) is 20.0. The second-order valence-corrected chi connectivity index (χ2v) is 8.45. The predicted octanol–water partition coefficient (Wildman–Crippen LogP) is 8.41. The number of aryl methyl sites for hydroxylation is 2. The van der Waals surface area contributed by atoms with E-state index in [1.165, 1.54) is 32.7 Å². The van der Waals surface area contributed by atoms with Crippen molar-refractivity contribution in [2.75, 3.05) is 0 Å².